The molecule has 16 heavy (non-hydrogen) atoms. The molecule has 0 aliphatic carbocycles. The van der Waals surface area contributed by atoms with Crippen molar-refractivity contribution >= 4 is 34.2 Å². The van der Waals surface area contributed by atoms with E-state index in [1.54, 1.807) is 16.7 Å². The molecule has 0 saturated carbocycles. The van der Waals surface area contributed by atoms with Gasteiger partial charge in [0.05, 0.1) is 6.42 Å². The Bertz CT molecular complexity index is 414. The molecule has 0 radical (unpaired) electrons. The van der Waals surface area contributed by atoms with Crippen LogP contribution in [0.4, 0.5) is 0 Å². The van der Waals surface area contributed by atoms with E-state index in [2.05, 4.69) is 0 Å². The summed E-state index contributed by atoms with van der Waals surface area (Å²) in [7, 11) is 0. The number of carbonyl (C=O) groups excluding carboxylic acids is 1. The average Bonchev–Trinajstić information content (AvgIpc) is 2.68. The largest absolute Gasteiger partial charge is 0.297 e. The molecule has 1 heterocycles. The van der Waals surface area contributed by atoms with Crippen molar-refractivity contribution in [3.8, 4) is 0 Å². The standard InChI is InChI=1S/C12H13NOS2/c1-9-2-4-10(5-3-9)8-11(14)13-6-7-16-12(13)15/h2-5H,6-8H2,1H3. The van der Waals surface area contributed by atoms with Gasteiger partial charge in [-0.2, -0.15) is 0 Å². The Labute approximate surface area is 105 Å². The number of aryl methyl sites for hydroxylation is 1. The summed E-state index contributed by atoms with van der Waals surface area (Å²) in [6, 6.07) is 8.05. The first-order valence-electron chi connectivity index (χ1n) is 5.19. The van der Waals surface area contributed by atoms with Crippen molar-refractivity contribution in [1.29, 1.82) is 0 Å². The predicted molar refractivity (Wildman–Crippen MR) is 71.7 cm³/mol. The van der Waals surface area contributed by atoms with Gasteiger partial charge in [0.1, 0.15) is 4.32 Å². The summed E-state index contributed by atoms with van der Waals surface area (Å²) in [5.41, 5.74) is 2.26. The van der Waals surface area contributed by atoms with Crippen molar-refractivity contribution in [2.45, 2.75) is 13.3 Å². The lowest BCUT2D eigenvalue weighted by atomic mass is 10.1. The Hall–Kier alpha value is -0.870. The van der Waals surface area contributed by atoms with Gasteiger partial charge < -0.3 is 0 Å². The first-order chi connectivity index (χ1) is 7.66. The molecule has 0 aromatic heterocycles. The van der Waals surface area contributed by atoms with Crippen LogP contribution in [-0.4, -0.2) is 27.4 Å². The van der Waals surface area contributed by atoms with E-state index in [-0.39, 0.29) is 5.91 Å². The van der Waals surface area contributed by atoms with Gasteiger partial charge in [-0.15, -0.1) is 0 Å². The van der Waals surface area contributed by atoms with Crippen LogP contribution in [0.15, 0.2) is 24.3 Å². The van der Waals surface area contributed by atoms with Gasteiger partial charge in [0, 0.05) is 12.3 Å². The molecule has 2 nitrogen and oxygen atoms in total. The number of hydrogen-bond donors (Lipinski definition) is 0. The SMILES string of the molecule is Cc1ccc(CC(=O)N2CCSC2=S)cc1. The van der Waals surface area contributed by atoms with Gasteiger partial charge in [-0.1, -0.05) is 53.8 Å². The van der Waals surface area contributed by atoms with Crippen LogP contribution in [0.5, 0.6) is 0 Å². The Balaban J connectivity index is 2.02. The molecule has 2 rings (SSSR count). The lowest BCUT2D eigenvalue weighted by Crippen LogP contribution is -2.31. The second kappa shape index (κ2) is 4.97. The number of carbonyl (C=O) groups is 1. The zero-order valence-electron chi connectivity index (χ0n) is 9.10. The highest BCUT2D eigenvalue weighted by Crippen LogP contribution is 2.19. The minimum absolute atomic E-state index is 0.110. The Morgan fingerprint density at radius 1 is 1.44 bits per heavy atom. The molecular weight excluding hydrogens is 238 g/mol. The third kappa shape index (κ3) is 2.62. The minimum atomic E-state index is 0.110. The maximum Gasteiger partial charge on any atom is 0.232 e. The fourth-order valence-corrected chi connectivity index (χ4v) is 2.84. The highest BCUT2D eigenvalue weighted by molar-refractivity contribution is 8.23. The Morgan fingerprint density at radius 3 is 2.69 bits per heavy atom. The molecular formula is C12H13NOS2. The first-order valence-corrected chi connectivity index (χ1v) is 6.59. The molecule has 4 heteroatoms. The van der Waals surface area contributed by atoms with Gasteiger partial charge in [-0.25, -0.2) is 0 Å². The summed E-state index contributed by atoms with van der Waals surface area (Å²) < 4.78 is 0.720. The van der Waals surface area contributed by atoms with Gasteiger partial charge in [0.25, 0.3) is 0 Å². The molecule has 0 spiro atoms. The van der Waals surface area contributed by atoms with E-state index in [0.29, 0.717) is 6.42 Å². The van der Waals surface area contributed by atoms with Crippen LogP contribution in [0.3, 0.4) is 0 Å². The van der Waals surface area contributed by atoms with E-state index in [9.17, 15) is 4.79 Å². The highest BCUT2D eigenvalue weighted by Gasteiger charge is 2.23. The topological polar surface area (TPSA) is 20.3 Å². The number of hydrogen-bond acceptors (Lipinski definition) is 3. The van der Waals surface area contributed by atoms with Crippen LogP contribution in [0.2, 0.25) is 0 Å². The van der Waals surface area contributed by atoms with E-state index in [0.717, 1.165) is 22.2 Å². The number of thiocarbonyl (C=S) groups is 1. The number of thioether (sulfide) groups is 1. The van der Waals surface area contributed by atoms with E-state index in [4.69, 9.17) is 12.2 Å². The lowest BCUT2D eigenvalue weighted by Gasteiger charge is -2.14. The smallest absolute Gasteiger partial charge is 0.232 e. The van der Waals surface area contributed by atoms with Crippen molar-refractivity contribution in [2.24, 2.45) is 0 Å². The predicted octanol–water partition coefficient (Wildman–Crippen LogP) is 2.40. The van der Waals surface area contributed by atoms with Gasteiger partial charge in [0.2, 0.25) is 5.91 Å². The van der Waals surface area contributed by atoms with Gasteiger partial charge in [0.15, 0.2) is 0 Å². The summed E-state index contributed by atoms with van der Waals surface area (Å²) in [6.07, 6.45) is 0.445. The van der Waals surface area contributed by atoms with Crippen molar-refractivity contribution < 1.29 is 4.79 Å². The molecule has 0 N–H and O–H groups in total. The minimum Gasteiger partial charge on any atom is -0.297 e. The average molecular weight is 251 g/mol. The quantitative estimate of drug-likeness (QED) is 0.753. The zero-order valence-corrected chi connectivity index (χ0v) is 10.7. The van der Waals surface area contributed by atoms with E-state index in [1.807, 2.05) is 31.2 Å². The molecule has 1 saturated heterocycles. The van der Waals surface area contributed by atoms with Crippen LogP contribution < -0.4 is 0 Å². The number of amides is 1. The molecule has 0 atom stereocenters. The van der Waals surface area contributed by atoms with Gasteiger partial charge in [-0.3, -0.25) is 9.69 Å². The monoisotopic (exact) mass is 251 g/mol. The van der Waals surface area contributed by atoms with E-state index in [1.165, 1.54) is 5.56 Å². The third-order valence-corrected chi connectivity index (χ3v) is 3.97. The van der Waals surface area contributed by atoms with Crippen molar-refractivity contribution in [3.63, 3.8) is 0 Å². The summed E-state index contributed by atoms with van der Waals surface area (Å²) in [4.78, 5) is 13.6. The molecule has 1 aliphatic heterocycles. The molecule has 1 aromatic rings. The van der Waals surface area contributed by atoms with Crippen molar-refractivity contribution in [3.05, 3.63) is 35.4 Å². The zero-order chi connectivity index (χ0) is 11.5. The normalized spacial score (nSPS) is 15.6. The fraction of sp³-hybridized carbons (Fsp3) is 0.333. The highest BCUT2D eigenvalue weighted by atomic mass is 32.2. The third-order valence-electron chi connectivity index (χ3n) is 2.54. The fourth-order valence-electron chi connectivity index (χ4n) is 1.60. The maximum atomic E-state index is 11.9. The lowest BCUT2D eigenvalue weighted by molar-refractivity contribution is -0.126. The summed E-state index contributed by atoms with van der Waals surface area (Å²) in [6.45, 7) is 2.80. The second-order valence-corrected chi connectivity index (χ2v) is 5.55. The Kier molecular flexibility index (Phi) is 3.61. The summed E-state index contributed by atoms with van der Waals surface area (Å²) in [5.74, 6) is 1.04. The van der Waals surface area contributed by atoms with Gasteiger partial charge in [-0.05, 0) is 12.5 Å². The Morgan fingerprint density at radius 2 is 2.12 bits per heavy atom. The number of rotatable bonds is 2. The number of nitrogens with zero attached hydrogens (tertiary/aromatic N) is 1. The molecule has 1 fully saturated rings. The van der Waals surface area contributed by atoms with Crippen molar-refractivity contribution in [1.82, 2.24) is 4.90 Å². The molecule has 1 amide bonds. The van der Waals surface area contributed by atoms with Crippen LogP contribution in [0.25, 0.3) is 0 Å². The molecule has 0 bridgehead atoms. The van der Waals surface area contributed by atoms with Crippen LogP contribution in [0, 0.1) is 6.92 Å². The first kappa shape index (κ1) is 11.6. The second-order valence-electron chi connectivity index (χ2n) is 3.82. The van der Waals surface area contributed by atoms with Gasteiger partial charge >= 0.3 is 0 Å². The summed E-state index contributed by atoms with van der Waals surface area (Å²) in [5, 5.41) is 0. The van der Waals surface area contributed by atoms with Crippen LogP contribution in [0.1, 0.15) is 11.1 Å². The van der Waals surface area contributed by atoms with Crippen LogP contribution >= 0.6 is 24.0 Å². The maximum absolute atomic E-state index is 11.9. The van der Waals surface area contributed by atoms with Crippen molar-refractivity contribution in [2.75, 3.05) is 12.3 Å². The van der Waals surface area contributed by atoms with Crippen LogP contribution in [-0.2, 0) is 11.2 Å². The molecule has 1 aliphatic rings. The molecule has 1 aromatic carbocycles. The van der Waals surface area contributed by atoms with E-state index >= 15 is 0 Å². The summed E-state index contributed by atoms with van der Waals surface area (Å²) >= 11 is 6.70. The molecule has 84 valence electrons. The molecule has 0 unspecified atom stereocenters. The number of benzene rings is 1. The van der Waals surface area contributed by atoms with E-state index < -0.39 is 0 Å².